The number of benzene rings is 1. The molecule has 0 radical (unpaired) electrons. The van der Waals surface area contributed by atoms with E-state index in [4.69, 9.17) is 11.5 Å². The lowest BCUT2D eigenvalue weighted by molar-refractivity contribution is 1.25. The molecule has 0 unspecified atom stereocenters. The van der Waals surface area contributed by atoms with Gasteiger partial charge in [-0.1, -0.05) is 12.1 Å². The largest absolute Gasteiger partial charge is 0.399 e. The summed E-state index contributed by atoms with van der Waals surface area (Å²) in [6.45, 7) is 1.94. The molecule has 84 valence electrons. The van der Waals surface area contributed by atoms with E-state index in [1.54, 1.807) is 0 Å². The van der Waals surface area contributed by atoms with E-state index in [2.05, 4.69) is 9.97 Å². The number of hydrogen-bond donors (Lipinski definition) is 2. The van der Waals surface area contributed by atoms with Gasteiger partial charge in [0.2, 0.25) is 0 Å². The number of fused-ring (bicyclic) bond motifs is 3. The number of pyridine rings is 2. The molecule has 4 heteroatoms. The van der Waals surface area contributed by atoms with Crippen LogP contribution in [0.3, 0.4) is 0 Å². The van der Waals surface area contributed by atoms with E-state index >= 15 is 0 Å². The van der Waals surface area contributed by atoms with Gasteiger partial charge in [-0.15, -0.1) is 0 Å². The minimum Gasteiger partial charge on any atom is -0.399 e. The van der Waals surface area contributed by atoms with Crippen LogP contribution in [-0.2, 0) is 0 Å². The number of nitrogen functional groups attached to an aromatic ring is 2. The molecule has 1 aromatic carbocycles. The zero-order chi connectivity index (χ0) is 12.0. The first-order valence-electron chi connectivity index (χ1n) is 5.37. The molecule has 4 nitrogen and oxygen atoms in total. The van der Waals surface area contributed by atoms with E-state index in [0.29, 0.717) is 11.5 Å². The Balaban J connectivity index is 2.55. The molecule has 0 atom stereocenters. The van der Waals surface area contributed by atoms with Crippen molar-refractivity contribution >= 4 is 33.3 Å². The van der Waals surface area contributed by atoms with E-state index in [1.165, 1.54) is 0 Å². The molecule has 3 rings (SSSR count). The number of nitrogens with two attached hydrogens (primary N) is 2. The molecule has 0 saturated heterocycles. The first-order chi connectivity index (χ1) is 8.15. The predicted octanol–water partition coefficient (Wildman–Crippen LogP) is 2.26. The molecule has 0 spiro atoms. The van der Waals surface area contributed by atoms with Crippen LogP contribution in [0.2, 0.25) is 0 Å². The first-order valence-corrected chi connectivity index (χ1v) is 5.37. The van der Waals surface area contributed by atoms with Crippen LogP contribution < -0.4 is 11.5 Å². The van der Waals surface area contributed by atoms with Crippen molar-refractivity contribution in [3.05, 3.63) is 36.0 Å². The Kier molecular flexibility index (Phi) is 1.92. The summed E-state index contributed by atoms with van der Waals surface area (Å²) < 4.78 is 0. The summed E-state index contributed by atoms with van der Waals surface area (Å²) >= 11 is 0. The highest BCUT2D eigenvalue weighted by atomic mass is 14.9. The Morgan fingerprint density at radius 2 is 1.71 bits per heavy atom. The van der Waals surface area contributed by atoms with E-state index in [-0.39, 0.29) is 0 Å². The van der Waals surface area contributed by atoms with Crippen molar-refractivity contribution in [1.29, 1.82) is 0 Å². The molecular formula is C13H12N4. The van der Waals surface area contributed by atoms with E-state index in [1.807, 2.05) is 37.3 Å². The smallest absolute Gasteiger partial charge is 0.150 e. The van der Waals surface area contributed by atoms with Crippen LogP contribution in [0, 0.1) is 6.92 Å². The third-order valence-electron chi connectivity index (χ3n) is 2.83. The van der Waals surface area contributed by atoms with Crippen molar-refractivity contribution in [2.24, 2.45) is 0 Å². The minimum atomic E-state index is 0.446. The molecule has 0 aliphatic heterocycles. The normalized spacial score (nSPS) is 11.1. The van der Waals surface area contributed by atoms with Gasteiger partial charge in [-0.3, -0.25) is 0 Å². The SMILES string of the molecule is Cc1ccc2c(n1)c(N)nc1cc(N)ccc12. The second kappa shape index (κ2) is 3.31. The van der Waals surface area contributed by atoms with E-state index < -0.39 is 0 Å². The fourth-order valence-electron chi connectivity index (χ4n) is 2.02. The number of anilines is 2. The molecule has 0 fully saturated rings. The Morgan fingerprint density at radius 1 is 0.941 bits per heavy atom. The Morgan fingerprint density at radius 3 is 2.53 bits per heavy atom. The van der Waals surface area contributed by atoms with Crippen molar-refractivity contribution in [2.75, 3.05) is 11.5 Å². The highest BCUT2D eigenvalue weighted by molar-refractivity contribution is 6.08. The topological polar surface area (TPSA) is 77.8 Å². The number of aromatic nitrogens is 2. The molecule has 0 aliphatic rings. The molecule has 0 saturated carbocycles. The lowest BCUT2D eigenvalue weighted by Crippen LogP contribution is -1.97. The zero-order valence-corrected chi connectivity index (χ0v) is 9.44. The second-order valence-corrected chi connectivity index (χ2v) is 4.12. The van der Waals surface area contributed by atoms with Crippen LogP contribution in [0.1, 0.15) is 5.69 Å². The van der Waals surface area contributed by atoms with E-state index in [9.17, 15) is 0 Å². The molecule has 0 aliphatic carbocycles. The van der Waals surface area contributed by atoms with Gasteiger partial charge in [0.1, 0.15) is 5.52 Å². The lowest BCUT2D eigenvalue weighted by Gasteiger charge is -2.07. The van der Waals surface area contributed by atoms with Gasteiger partial charge >= 0.3 is 0 Å². The molecule has 0 bridgehead atoms. The molecule has 2 aromatic heterocycles. The molecule has 17 heavy (non-hydrogen) atoms. The monoisotopic (exact) mass is 224 g/mol. The van der Waals surface area contributed by atoms with E-state index in [0.717, 1.165) is 27.5 Å². The summed E-state index contributed by atoms with van der Waals surface area (Å²) in [6, 6.07) is 9.63. The number of rotatable bonds is 0. The second-order valence-electron chi connectivity index (χ2n) is 4.12. The van der Waals surface area contributed by atoms with Crippen LogP contribution in [0.25, 0.3) is 21.8 Å². The van der Waals surface area contributed by atoms with Gasteiger partial charge < -0.3 is 11.5 Å². The number of aryl methyl sites for hydroxylation is 1. The summed E-state index contributed by atoms with van der Waals surface area (Å²) in [7, 11) is 0. The predicted molar refractivity (Wildman–Crippen MR) is 70.6 cm³/mol. The fourth-order valence-corrected chi connectivity index (χ4v) is 2.02. The van der Waals surface area contributed by atoms with Crippen LogP contribution in [-0.4, -0.2) is 9.97 Å². The fraction of sp³-hybridized carbons (Fsp3) is 0.0769. The maximum Gasteiger partial charge on any atom is 0.150 e. The maximum atomic E-state index is 5.93. The van der Waals surface area contributed by atoms with Gasteiger partial charge in [0.05, 0.1) is 5.52 Å². The first kappa shape index (κ1) is 9.84. The van der Waals surface area contributed by atoms with Crippen molar-refractivity contribution in [3.8, 4) is 0 Å². The summed E-state index contributed by atoms with van der Waals surface area (Å²) in [5.41, 5.74) is 14.8. The molecule has 2 heterocycles. The van der Waals surface area contributed by atoms with Crippen molar-refractivity contribution < 1.29 is 0 Å². The Bertz CT molecular complexity index is 734. The van der Waals surface area contributed by atoms with Gasteiger partial charge in [-0.25, -0.2) is 9.97 Å². The van der Waals surface area contributed by atoms with Crippen LogP contribution in [0.5, 0.6) is 0 Å². The van der Waals surface area contributed by atoms with Crippen LogP contribution in [0.4, 0.5) is 11.5 Å². The van der Waals surface area contributed by atoms with Crippen LogP contribution in [0.15, 0.2) is 30.3 Å². The standard InChI is InChI=1S/C13H12N4/c1-7-2-4-10-9-5-3-8(14)6-11(9)17-13(15)12(10)16-7/h2-6H,14H2,1H3,(H2,15,17). The molecule has 0 amide bonds. The number of hydrogen-bond acceptors (Lipinski definition) is 4. The molecule has 3 aromatic rings. The van der Waals surface area contributed by atoms with Crippen molar-refractivity contribution in [2.45, 2.75) is 6.92 Å². The van der Waals surface area contributed by atoms with Gasteiger partial charge in [0.15, 0.2) is 5.82 Å². The summed E-state index contributed by atoms with van der Waals surface area (Å²) in [4.78, 5) is 8.77. The van der Waals surface area contributed by atoms with Gasteiger partial charge in [-0.2, -0.15) is 0 Å². The Hall–Kier alpha value is -2.36. The van der Waals surface area contributed by atoms with Gasteiger partial charge in [-0.05, 0) is 25.1 Å². The van der Waals surface area contributed by atoms with Crippen molar-refractivity contribution in [1.82, 2.24) is 9.97 Å². The zero-order valence-electron chi connectivity index (χ0n) is 9.44. The average Bonchev–Trinajstić information content (AvgIpc) is 2.29. The maximum absolute atomic E-state index is 5.93. The Labute approximate surface area is 98.3 Å². The summed E-state index contributed by atoms with van der Waals surface area (Å²) in [5, 5.41) is 2.04. The number of nitrogens with zero attached hydrogens (tertiary/aromatic N) is 2. The molecule has 4 N–H and O–H groups in total. The minimum absolute atomic E-state index is 0.446. The van der Waals surface area contributed by atoms with Crippen molar-refractivity contribution in [3.63, 3.8) is 0 Å². The summed E-state index contributed by atoms with van der Waals surface area (Å²) in [6.07, 6.45) is 0. The van der Waals surface area contributed by atoms with Gasteiger partial charge in [0, 0.05) is 22.2 Å². The van der Waals surface area contributed by atoms with Gasteiger partial charge in [0.25, 0.3) is 0 Å². The average molecular weight is 224 g/mol. The highest BCUT2D eigenvalue weighted by Gasteiger charge is 2.07. The highest BCUT2D eigenvalue weighted by Crippen LogP contribution is 2.27. The molecular weight excluding hydrogens is 212 g/mol. The lowest BCUT2D eigenvalue weighted by atomic mass is 10.1. The third-order valence-corrected chi connectivity index (χ3v) is 2.83. The third kappa shape index (κ3) is 1.45. The quantitative estimate of drug-likeness (QED) is 0.453. The van der Waals surface area contributed by atoms with Crippen LogP contribution >= 0.6 is 0 Å². The summed E-state index contributed by atoms with van der Waals surface area (Å²) in [5.74, 6) is 0.446.